The van der Waals surface area contributed by atoms with Crippen LogP contribution in [0.5, 0.6) is 0 Å². The summed E-state index contributed by atoms with van der Waals surface area (Å²) in [6.07, 6.45) is 9.36. The van der Waals surface area contributed by atoms with E-state index in [4.69, 9.17) is 5.41 Å². The van der Waals surface area contributed by atoms with E-state index in [-0.39, 0.29) is 0 Å². The minimum absolute atomic E-state index is 0.766. The molecule has 0 amide bonds. The Bertz CT molecular complexity index is 318. The lowest BCUT2D eigenvalue weighted by atomic mass is 9.94. The van der Waals surface area contributed by atoms with Gasteiger partial charge in [0.1, 0.15) is 0 Å². The normalized spacial score (nSPS) is 17.4. The number of hydrogen-bond donors (Lipinski definition) is 1. The zero-order valence-corrected chi connectivity index (χ0v) is 7.71. The van der Waals surface area contributed by atoms with Crippen molar-refractivity contribution in [1.29, 1.82) is 5.41 Å². The highest BCUT2D eigenvalue weighted by molar-refractivity contribution is 5.99. The molecule has 13 heavy (non-hydrogen) atoms. The van der Waals surface area contributed by atoms with E-state index in [1.807, 2.05) is 12.4 Å². The van der Waals surface area contributed by atoms with Gasteiger partial charge in [-0.25, -0.2) is 0 Å². The SMILES string of the molecule is N=C1CCCCCc2ccncc21. The van der Waals surface area contributed by atoms with Crippen molar-refractivity contribution in [3.8, 4) is 0 Å². The maximum Gasteiger partial charge on any atom is 0.0404 e. The van der Waals surface area contributed by atoms with E-state index < -0.39 is 0 Å². The van der Waals surface area contributed by atoms with Crippen LogP contribution >= 0.6 is 0 Å². The molecular weight excluding hydrogens is 160 g/mol. The summed E-state index contributed by atoms with van der Waals surface area (Å²) in [4.78, 5) is 4.08. The Morgan fingerprint density at radius 3 is 2.92 bits per heavy atom. The van der Waals surface area contributed by atoms with Crippen molar-refractivity contribution in [1.82, 2.24) is 4.98 Å². The van der Waals surface area contributed by atoms with Crippen LogP contribution in [-0.2, 0) is 6.42 Å². The van der Waals surface area contributed by atoms with Gasteiger partial charge in [-0.05, 0) is 37.3 Å². The minimum atomic E-state index is 0.766. The van der Waals surface area contributed by atoms with Crippen LogP contribution in [-0.4, -0.2) is 10.7 Å². The number of aromatic nitrogens is 1. The Hall–Kier alpha value is -1.18. The summed E-state index contributed by atoms with van der Waals surface area (Å²) in [7, 11) is 0. The number of fused-ring (bicyclic) bond motifs is 1. The second-order valence-corrected chi connectivity index (χ2v) is 3.57. The third-order valence-electron chi connectivity index (χ3n) is 2.61. The zero-order chi connectivity index (χ0) is 9.10. The van der Waals surface area contributed by atoms with Crippen LogP contribution in [0.4, 0.5) is 0 Å². The van der Waals surface area contributed by atoms with Gasteiger partial charge in [-0.2, -0.15) is 0 Å². The highest BCUT2D eigenvalue weighted by Gasteiger charge is 2.10. The molecule has 0 saturated carbocycles. The summed E-state index contributed by atoms with van der Waals surface area (Å²) in [6.45, 7) is 0. The first kappa shape index (κ1) is 8.42. The first-order valence-electron chi connectivity index (χ1n) is 4.88. The largest absolute Gasteiger partial charge is 0.305 e. The number of nitrogens with one attached hydrogen (secondary N) is 1. The second kappa shape index (κ2) is 3.69. The lowest BCUT2D eigenvalue weighted by Crippen LogP contribution is -2.07. The van der Waals surface area contributed by atoms with Gasteiger partial charge in [-0.1, -0.05) is 6.42 Å². The van der Waals surface area contributed by atoms with Crippen molar-refractivity contribution in [2.45, 2.75) is 32.1 Å². The molecule has 0 bridgehead atoms. The van der Waals surface area contributed by atoms with Crippen LogP contribution < -0.4 is 0 Å². The molecule has 2 rings (SSSR count). The first-order chi connectivity index (χ1) is 6.38. The molecule has 0 saturated heterocycles. The highest BCUT2D eigenvalue weighted by Crippen LogP contribution is 2.18. The number of aryl methyl sites for hydroxylation is 1. The van der Waals surface area contributed by atoms with Crippen LogP contribution in [0.2, 0.25) is 0 Å². The molecule has 2 heteroatoms. The Labute approximate surface area is 78.5 Å². The molecule has 0 radical (unpaired) electrons. The predicted molar refractivity (Wildman–Crippen MR) is 53.2 cm³/mol. The molecule has 0 fully saturated rings. The molecule has 1 heterocycles. The molecule has 1 aromatic heterocycles. The fourth-order valence-corrected chi connectivity index (χ4v) is 1.84. The smallest absolute Gasteiger partial charge is 0.0404 e. The quantitative estimate of drug-likeness (QED) is 0.644. The van der Waals surface area contributed by atoms with Crippen LogP contribution in [0.15, 0.2) is 18.5 Å². The van der Waals surface area contributed by atoms with Gasteiger partial charge in [0.25, 0.3) is 0 Å². The molecule has 1 N–H and O–H groups in total. The summed E-state index contributed by atoms with van der Waals surface area (Å²) >= 11 is 0. The van der Waals surface area contributed by atoms with Gasteiger partial charge in [0.15, 0.2) is 0 Å². The number of nitrogens with zero attached hydrogens (tertiary/aromatic N) is 1. The highest BCUT2D eigenvalue weighted by atomic mass is 14.6. The molecule has 1 aliphatic carbocycles. The average Bonchev–Trinajstić information content (AvgIpc) is 2.14. The van der Waals surface area contributed by atoms with Gasteiger partial charge in [0, 0.05) is 23.7 Å². The third kappa shape index (κ3) is 1.77. The second-order valence-electron chi connectivity index (χ2n) is 3.57. The topological polar surface area (TPSA) is 36.7 Å². The molecule has 1 aliphatic rings. The third-order valence-corrected chi connectivity index (χ3v) is 2.61. The molecule has 0 aliphatic heterocycles. The maximum atomic E-state index is 7.87. The fourth-order valence-electron chi connectivity index (χ4n) is 1.84. The molecule has 0 aromatic carbocycles. The van der Waals surface area contributed by atoms with E-state index in [0.717, 1.165) is 30.5 Å². The van der Waals surface area contributed by atoms with Crippen LogP contribution in [0.1, 0.15) is 36.8 Å². The van der Waals surface area contributed by atoms with Crippen LogP contribution in [0.3, 0.4) is 0 Å². The van der Waals surface area contributed by atoms with E-state index in [1.165, 1.54) is 18.4 Å². The van der Waals surface area contributed by atoms with Crippen molar-refractivity contribution >= 4 is 5.71 Å². The molecule has 68 valence electrons. The standard InChI is InChI=1S/C11H14N2/c12-11-5-3-1-2-4-9-6-7-13-8-10(9)11/h6-8,12H,1-5H2. The van der Waals surface area contributed by atoms with Crippen molar-refractivity contribution in [2.75, 3.05) is 0 Å². The van der Waals surface area contributed by atoms with Crippen molar-refractivity contribution in [2.24, 2.45) is 0 Å². The zero-order valence-electron chi connectivity index (χ0n) is 7.71. The maximum absolute atomic E-state index is 7.87. The van der Waals surface area contributed by atoms with E-state index in [0.29, 0.717) is 0 Å². The Morgan fingerprint density at radius 2 is 2.00 bits per heavy atom. The van der Waals surface area contributed by atoms with Gasteiger partial charge in [0.05, 0.1) is 0 Å². The van der Waals surface area contributed by atoms with E-state index in [1.54, 1.807) is 0 Å². The molecule has 0 unspecified atom stereocenters. The Balaban J connectivity index is 2.37. The summed E-state index contributed by atoms with van der Waals surface area (Å²) in [5.41, 5.74) is 3.14. The molecule has 2 nitrogen and oxygen atoms in total. The summed E-state index contributed by atoms with van der Waals surface area (Å²) in [5, 5.41) is 7.87. The van der Waals surface area contributed by atoms with Gasteiger partial charge in [-0.3, -0.25) is 4.98 Å². The summed E-state index contributed by atoms with van der Waals surface area (Å²) in [5.74, 6) is 0. The van der Waals surface area contributed by atoms with Crippen LogP contribution in [0, 0.1) is 5.41 Å². The van der Waals surface area contributed by atoms with Crippen molar-refractivity contribution < 1.29 is 0 Å². The summed E-state index contributed by atoms with van der Waals surface area (Å²) < 4.78 is 0. The van der Waals surface area contributed by atoms with Gasteiger partial charge >= 0.3 is 0 Å². The molecule has 0 atom stereocenters. The number of rotatable bonds is 0. The fraction of sp³-hybridized carbons (Fsp3) is 0.455. The lowest BCUT2D eigenvalue weighted by molar-refractivity contribution is 0.685. The van der Waals surface area contributed by atoms with E-state index >= 15 is 0 Å². The molecular formula is C11H14N2. The first-order valence-corrected chi connectivity index (χ1v) is 4.88. The van der Waals surface area contributed by atoms with Gasteiger partial charge in [0.2, 0.25) is 0 Å². The van der Waals surface area contributed by atoms with Gasteiger partial charge in [-0.15, -0.1) is 0 Å². The predicted octanol–water partition coefficient (Wildman–Crippen LogP) is 2.57. The average molecular weight is 174 g/mol. The number of hydrogen-bond acceptors (Lipinski definition) is 2. The van der Waals surface area contributed by atoms with E-state index in [2.05, 4.69) is 11.1 Å². The van der Waals surface area contributed by atoms with E-state index in [9.17, 15) is 0 Å². The van der Waals surface area contributed by atoms with Crippen molar-refractivity contribution in [3.05, 3.63) is 29.6 Å². The van der Waals surface area contributed by atoms with Gasteiger partial charge < -0.3 is 5.41 Å². The lowest BCUT2D eigenvalue weighted by Gasteiger charge is -2.13. The number of pyridine rings is 1. The Morgan fingerprint density at radius 1 is 1.15 bits per heavy atom. The molecule has 0 spiro atoms. The molecule has 1 aromatic rings. The van der Waals surface area contributed by atoms with Crippen molar-refractivity contribution in [3.63, 3.8) is 0 Å². The Kier molecular flexibility index (Phi) is 2.39. The monoisotopic (exact) mass is 174 g/mol. The minimum Gasteiger partial charge on any atom is -0.305 e. The van der Waals surface area contributed by atoms with Crippen LogP contribution in [0.25, 0.3) is 0 Å². The summed E-state index contributed by atoms with van der Waals surface area (Å²) in [6, 6.07) is 2.05.